The molecule has 2 aromatic carbocycles. The first-order chi connectivity index (χ1) is 14.6. The van der Waals surface area contributed by atoms with Crippen LogP contribution in [0.25, 0.3) is 22.3 Å². The molecule has 0 bridgehead atoms. The van der Waals surface area contributed by atoms with Gasteiger partial charge in [0.1, 0.15) is 12.1 Å². The highest BCUT2D eigenvalue weighted by Crippen LogP contribution is 2.30. The summed E-state index contributed by atoms with van der Waals surface area (Å²) in [4.78, 5) is 15.7. The zero-order valence-corrected chi connectivity index (χ0v) is 18.7. The summed E-state index contributed by atoms with van der Waals surface area (Å²) in [6.45, 7) is 6.30. The van der Waals surface area contributed by atoms with Crippen LogP contribution >= 0.6 is 15.9 Å². The number of pyridine rings is 1. The van der Waals surface area contributed by atoms with Gasteiger partial charge >= 0.3 is 0 Å². The minimum Gasteiger partial charge on any atom is -0.383 e. The van der Waals surface area contributed by atoms with E-state index in [1.54, 1.807) is 0 Å². The fourth-order valence-corrected chi connectivity index (χ4v) is 4.16. The normalized spacial score (nSPS) is 11.0. The Bertz CT molecular complexity index is 1170. The van der Waals surface area contributed by atoms with Gasteiger partial charge in [0.2, 0.25) is 0 Å². The SMILES string of the molecule is CCN(CC)c1ccc(-c2cc(Cc3ccccc3Br)c3c(N)ncnc3n2)cc1. The number of nitrogens with zero attached hydrogens (tertiary/aromatic N) is 4. The predicted octanol–water partition coefficient (Wildman–Crippen LogP) is 5.47. The number of benzene rings is 2. The number of nitrogen functional groups attached to an aromatic ring is 1. The first-order valence-electron chi connectivity index (χ1n) is 10.1. The van der Waals surface area contributed by atoms with E-state index < -0.39 is 0 Å². The van der Waals surface area contributed by atoms with Gasteiger partial charge < -0.3 is 10.6 Å². The van der Waals surface area contributed by atoms with Crippen LogP contribution in [0.1, 0.15) is 25.0 Å². The molecule has 6 heteroatoms. The van der Waals surface area contributed by atoms with Gasteiger partial charge in [-0.15, -0.1) is 0 Å². The van der Waals surface area contributed by atoms with Gasteiger partial charge in [0.15, 0.2) is 5.65 Å². The van der Waals surface area contributed by atoms with Crippen molar-refractivity contribution in [1.29, 1.82) is 0 Å². The first-order valence-corrected chi connectivity index (χ1v) is 10.9. The lowest BCUT2D eigenvalue weighted by molar-refractivity contribution is 0.866. The molecule has 0 aliphatic carbocycles. The van der Waals surface area contributed by atoms with Gasteiger partial charge in [0.25, 0.3) is 0 Å². The Balaban J connectivity index is 1.81. The molecule has 2 heterocycles. The lowest BCUT2D eigenvalue weighted by Crippen LogP contribution is -2.21. The number of halogens is 1. The molecule has 152 valence electrons. The van der Waals surface area contributed by atoms with Crippen molar-refractivity contribution in [1.82, 2.24) is 15.0 Å². The molecule has 0 aliphatic heterocycles. The Kier molecular flexibility index (Phi) is 5.95. The van der Waals surface area contributed by atoms with Crippen LogP contribution in [0.5, 0.6) is 0 Å². The van der Waals surface area contributed by atoms with Gasteiger partial charge in [-0.25, -0.2) is 15.0 Å². The van der Waals surface area contributed by atoms with Crippen LogP contribution in [0.4, 0.5) is 11.5 Å². The molecule has 0 unspecified atom stereocenters. The quantitative estimate of drug-likeness (QED) is 0.411. The number of aromatic nitrogens is 3. The van der Waals surface area contributed by atoms with Gasteiger partial charge in [0.05, 0.1) is 11.1 Å². The summed E-state index contributed by atoms with van der Waals surface area (Å²) in [5.74, 6) is 0.456. The maximum atomic E-state index is 6.21. The molecule has 5 nitrogen and oxygen atoms in total. The molecule has 30 heavy (non-hydrogen) atoms. The van der Waals surface area contributed by atoms with Crippen LogP contribution in [0.3, 0.4) is 0 Å². The molecule has 4 rings (SSSR count). The molecular weight excluding hydrogens is 438 g/mol. The second-order valence-electron chi connectivity index (χ2n) is 7.11. The average molecular weight is 462 g/mol. The van der Waals surface area contributed by atoms with Gasteiger partial charge in [-0.3, -0.25) is 0 Å². The molecule has 0 spiro atoms. The van der Waals surface area contributed by atoms with Crippen molar-refractivity contribution in [2.24, 2.45) is 0 Å². The van der Waals surface area contributed by atoms with Crippen molar-refractivity contribution in [2.75, 3.05) is 23.7 Å². The fraction of sp³-hybridized carbons (Fsp3) is 0.208. The van der Waals surface area contributed by atoms with E-state index in [1.165, 1.54) is 17.6 Å². The van der Waals surface area contributed by atoms with E-state index in [0.717, 1.165) is 39.8 Å². The Hall–Kier alpha value is -2.99. The summed E-state index contributed by atoms with van der Waals surface area (Å²) in [6, 6.07) is 18.8. The number of hydrogen-bond acceptors (Lipinski definition) is 5. The van der Waals surface area contributed by atoms with Crippen LogP contribution in [-0.4, -0.2) is 28.0 Å². The molecule has 0 radical (unpaired) electrons. The number of fused-ring (bicyclic) bond motifs is 1. The molecule has 2 N–H and O–H groups in total. The van der Waals surface area contributed by atoms with E-state index in [0.29, 0.717) is 17.9 Å². The number of rotatable bonds is 6. The average Bonchev–Trinajstić information content (AvgIpc) is 2.76. The van der Waals surface area contributed by atoms with Crippen molar-refractivity contribution in [3.05, 3.63) is 76.5 Å². The standard InChI is InChI=1S/C24H24BrN5/c1-3-30(4-2)19-11-9-16(10-12-19)21-14-18(13-17-7-5-6-8-20(17)25)22-23(26)27-15-28-24(22)29-21/h5-12,14-15H,3-4,13H2,1-2H3,(H2,26,27,28,29). The van der Waals surface area contributed by atoms with Crippen LogP contribution < -0.4 is 10.6 Å². The Morgan fingerprint density at radius 1 is 0.933 bits per heavy atom. The zero-order valence-electron chi connectivity index (χ0n) is 17.1. The van der Waals surface area contributed by atoms with E-state index in [4.69, 9.17) is 10.7 Å². The summed E-state index contributed by atoms with van der Waals surface area (Å²) in [6.07, 6.45) is 2.18. The molecule has 2 aromatic heterocycles. The van der Waals surface area contributed by atoms with Crippen LogP contribution in [0, 0.1) is 0 Å². The van der Waals surface area contributed by atoms with E-state index in [9.17, 15) is 0 Å². The van der Waals surface area contributed by atoms with Gasteiger partial charge in [-0.1, -0.05) is 46.3 Å². The molecule has 0 amide bonds. The fourth-order valence-electron chi connectivity index (χ4n) is 3.73. The van der Waals surface area contributed by atoms with Gasteiger partial charge in [-0.05, 0) is 55.7 Å². The Labute approximate surface area is 185 Å². The third kappa shape index (κ3) is 4.00. The van der Waals surface area contributed by atoms with E-state index in [-0.39, 0.29) is 0 Å². The highest BCUT2D eigenvalue weighted by molar-refractivity contribution is 9.10. The van der Waals surface area contributed by atoms with E-state index in [1.807, 2.05) is 18.2 Å². The summed E-state index contributed by atoms with van der Waals surface area (Å²) in [5, 5.41) is 0.816. The highest BCUT2D eigenvalue weighted by Gasteiger charge is 2.14. The maximum absolute atomic E-state index is 6.21. The van der Waals surface area contributed by atoms with Crippen LogP contribution in [0.2, 0.25) is 0 Å². The third-order valence-electron chi connectivity index (χ3n) is 5.35. The second kappa shape index (κ2) is 8.79. The second-order valence-corrected chi connectivity index (χ2v) is 7.97. The summed E-state index contributed by atoms with van der Waals surface area (Å²) < 4.78 is 1.07. The van der Waals surface area contributed by atoms with E-state index >= 15 is 0 Å². The Morgan fingerprint density at radius 2 is 1.67 bits per heavy atom. The summed E-state index contributed by atoms with van der Waals surface area (Å²) >= 11 is 3.65. The van der Waals surface area contributed by atoms with E-state index in [2.05, 4.69) is 81.0 Å². The minimum atomic E-state index is 0.456. The first kappa shape index (κ1) is 20.3. The molecule has 0 aliphatic rings. The topological polar surface area (TPSA) is 67.9 Å². The molecule has 0 saturated heterocycles. The smallest absolute Gasteiger partial charge is 0.165 e. The molecule has 0 fully saturated rings. The minimum absolute atomic E-state index is 0.456. The number of anilines is 2. The van der Waals surface area contributed by atoms with Crippen LogP contribution in [0.15, 0.2) is 65.4 Å². The van der Waals surface area contributed by atoms with Crippen molar-refractivity contribution in [3.63, 3.8) is 0 Å². The lowest BCUT2D eigenvalue weighted by atomic mass is 9.99. The molecule has 0 saturated carbocycles. The van der Waals surface area contributed by atoms with Crippen molar-refractivity contribution in [3.8, 4) is 11.3 Å². The summed E-state index contributed by atoms with van der Waals surface area (Å²) in [7, 11) is 0. The number of hydrogen-bond donors (Lipinski definition) is 1. The zero-order chi connectivity index (χ0) is 21.1. The van der Waals surface area contributed by atoms with Gasteiger partial charge in [0, 0.05) is 28.8 Å². The summed E-state index contributed by atoms with van der Waals surface area (Å²) in [5.41, 5.74) is 12.2. The van der Waals surface area contributed by atoms with Crippen molar-refractivity contribution in [2.45, 2.75) is 20.3 Å². The van der Waals surface area contributed by atoms with Crippen molar-refractivity contribution < 1.29 is 0 Å². The molecule has 0 atom stereocenters. The van der Waals surface area contributed by atoms with Gasteiger partial charge in [-0.2, -0.15) is 0 Å². The lowest BCUT2D eigenvalue weighted by Gasteiger charge is -2.21. The maximum Gasteiger partial charge on any atom is 0.165 e. The predicted molar refractivity (Wildman–Crippen MR) is 128 cm³/mol. The van der Waals surface area contributed by atoms with Crippen molar-refractivity contribution >= 4 is 38.5 Å². The van der Waals surface area contributed by atoms with Crippen LogP contribution in [-0.2, 0) is 6.42 Å². The monoisotopic (exact) mass is 461 g/mol. The molecular formula is C24H24BrN5. The largest absolute Gasteiger partial charge is 0.383 e. The Morgan fingerprint density at radius 3 is 2.37 bits per heavy atom. The highest BCUT2D eigenvalue weighted by atomic mass is 79.9. The number of nitrogens with two attached hydrogens (primary N) is 1. The molecule has 4 aromatic rings. The third-order valence-corrected chi connectivity index (χ3v) is 6.12.